The van der Waals surface area contributed by atoms with E-state index >= 15 is 0 Å². The minimum atomic E-state index is -3.45. The van der Waals surface area contributed by atoms with Crippen LogP contribution in [0.4, 0.5) is 0 Å². The lowest BCUT2D eigenvalue weighted by molar-refractivity contribution is -0.139. The van der Waals surface area contributed by atoms with Gasteiger partial charge in [0.2, 0.25) is 21.8 Å². The average Bonchev–Trinajstić information content (AvgIpc) is 3.39. The lowest BCUT2D eigenvalue weighted by Gasteiger charge is -2.32. The van der Waals surface area contributed by atoms with Crippen LogP contribution in [-0.2, 0) is 24.4 Å². The number of ketones is 1. The van der Waals surface area contributed by atoms with E-state index in [0.717, 1.165) is 15.6 Å². The molecule has 2 amide bonds. The van der Waals surface area contributed by atoms with Crippen LogP contribution >= 0.6 is 11.3 Å². The molecular formula is C27H41N7O5S2. The number of rotatable bonds is 9. The van der Waals surface area contributed by atoms with Gasteiger partial charge in [0.05, 0.1) is 30.4 Å². The fourth-order valence-corrected chi connectivity index (χ4v) is 4.46. The Hall–Kier alpha value is -3.80. The van der Waals surface area contributed by atoms with Gasteiger partial charge in [0.25, 0.3) is 0 Å². The topological polar surface area (TPSA) is 181 Å². The number of hydrogen-bond acceptors (Lipinski definition) is 8. The second-order valence-electron chi connectivity index (χ2n) is 8.80. The van der Waals surface area contributed by atoms with E-state index in [4.69, 9.17) is 11.5 Å². The number of carbonyl (C=O) groups is 3. The van der Waals surface area contributed by atoms with Gasteiger partial charge in [-0.25, -0.2) is 8.42 Å². The van der Waals surface area contributed by atoms with Crippen LogP contribution in [0.25, 0.3) is 0 Å². The number of aromatic nitrogens is 1. The predicted molar refractivity (Wildman–Crippen MR) is 163 cm³/mol. The Morgan fingerprint density at radius 2 is 1.80 bits per heavy atom. The first kappa shape index (κ1) is 37.2. The molecule has 2 aromatic rings. The number of nitrogens with zero attached hydrogens (tertiary/aromatic N) is 4. The Morgan fingerprint density at radius 3 is 2.20 bits per heavy atom. The van der Waals surface area contributed by atoms with E-state index in [1.54, 1.807) is 17.5 Å². The van der Waals surface area contributed by atoms with Crippen LogP contribution in [0.5, 0.6) is 0 Å². The Bertz CT molecular complexity index is 1210. The number of amides is 2. The van der Waals surface area contributed by atoms with E-state index in [1.165, 1.54) is 17.4 Å². The van der Waals surface area contributed by atoms with Crippen molar-refractivity contribution in [3.8, 4) is 12.8 Å². The third-order valence-electron chi connectivity index (χ3n) is 5.35. The summed E-state index contributed by atoms with van der Waals surface area (Å²) in [5.74, 6) is -1.19. The molecule has 1 atom stereocenters. The number of carbonyl (C=O) groups excluding carboxylic acids is 3. The van der Waals surface area contributed by atoms with Gasteiger partial charge in [-0.1, -0.05) is 35.9 Å². The highest BCUT2D eigenvalue weighted by Crippen LogP contribution is 2.07. The molecule has 0 saturated carbocycles. The summed E-state index contributed by atoms with van der Waals surface area (Å²) < 4.78 is 24.0. The number of piperazine rings is 1. The Labute approximate surface area is 247 Å². The lowest BCUT2D eigenvalue weighted by atomic mass is 10.1. The molecular weight excluding hydrogens is 566 g/mol. The summed E-state index contributed by atoms with van der Waals surface area (Å²) in [6, 6.07) is 9.57. The molecule has 0 radical (unpaired) electrons. The van der Waals surface area contributed by atoms with Crippen LogP contribution in [0.15, 0.2) is 46.9 Å². The van der Waals surface area contributed by atoms with Crippen molar-refractivity contribution in [3.63, 3.8) is 0 Å². The average molecular weight is 608 g/mol. The number of guanidine groups is 1. The first-order valence-electron chi connectivity index (χ1n) is 12.6. The molecule has 3 rings (SSSR count). The van der Waals surface area contributed by atoms with Crippen LogP contribution in [-0.4, -0.2) is 91.2 Å². The second-order valence-corrected chi connectivity index (χ2v) is 11.9. The Balaban J connectivity index is 0.000000855. The van der Waals surface area contributed by atoms with Crippen molar-refractivity contribution < 1.29 is 22.8 Å². The van der Waals surface area contributed by atoms with Crippen molar-refractivity contribution in [2.45, 2.75) is 39.7 Å². The number of sulfonamides is 1. The highest BCUT2D eigenvalue weighted by atomic mass is 32.2. The smallest absolute Gasteiger partial charge is 0.240 e. The van der Waals surface area contributed by atoms with Gasteiger partial charge in [-0.15, -0.1) is 24.2 Å². The second kappa shape index (κ2) is 20.1. The minimum Gasteiger partial charge on any atom is -0.370 e. The van der Waals surface area contributed by atoms with Gasteiger partial charge in [-0.3, -0.25) is 24.4 Å². The zero-order valence-electron chi connectivity index (χ0n) is 24.0. The van der Waals surface area contributed by atoms with Crippen molar-refractivity contribution in [2.24, 2.45) is 16.5 Å². The quantitative estimate of drug-likeness (QED) is 0.163. The largest absolute Gasteiger partial charge is 0.370 e. The van der Waals surface area contributed by atoms with E-state index < -0.39 is 27.9 Å². The molecule has 41 heavy (non-hydrogen) atoms. The number of benzene rings is 1. The number of terminal acetylenes is 1. The maximum Gasteiger partial charge on any atom is 0.240 e. The van der Waals surface area contributed by atoms with Crippen LogP contribution in [0, 0.1) is 26.7 Å². The molecule has 0 unspecified atom stereocenters. The molecule has 12 nitrogen and oxygen atoms in total. The van der Waals surface area contributed by atoms with E-state index in [0.29, 0.717) is 19.4 Å². The number of nitrogens with one attached hydrogen (secondary N) is 1. The van der Waals surface area contributed by atoms with Crippen molar-refractivity contribution in [1.82, 2.24) is 19.5 Å². The van der Waals surface area contributed by atoms with Crippen molar-refractivity contribution >= 4 is 44.9 Å². The summed E-state index contributed by atoms with van der Waals surface area (Å²) in [5, 5.41) is 5.69. The maximum atomic E-state index is 12.1. The normalized spacial score (nSPS) is 13.5. The molecule has 1 fully saturated rings. The molecule has 1 aromatic carbocycles. The monoisotopic (exact) mass is 607 g/mol. The van der Waals surface area contributed by atoms with Crippen LogP contribution in [0.2, 0.25) is 0 Å². The van der Waals surface area contributed by atoms with E-state index in [9.17, 15) is 22.8 Å². The fourth-order valence-electron chi connectivity index (χ4n) is 3.26. The molecule has 2 heterocycles. The van der Waals surface area contributed by atoms with Gasteiger partial charge in [0.15, 0.2) is 11.7 Å². The van der Waals surface area contributed by atoms with Gasteiger partial charge in [0, 0.05) is 31.2 Å². The first-order chi connectivity index (χ1) is 19.3. The number of thiazole rings is 1. The molecule has 1 aliphatic heterocycles. The van der Waals surface area contributed by atoms with Crippen molar-refractivity contribution in [2.75, 3.05) is 39.0 Å². The van der Waals surface area contributed by atoms with Gasteiger partial charge in [0.1, 0.15) is 0 Å². The SMILES string of the molecule is C#C.CC(=O)[C@H](CCCN=C(N)N)NC(=O)CN1CCN(S(C)(=O)=O)CC1=O.Cc1ccccc1.Cc1nccs1. The third-order valence-corrected chi connectivity index (χ3v) is 7.31. The van der Waals surface area contributed by atoms with Gasteiger partial charge in [-0.05, 0) is 33.6 Å². The number of aryl methyl sites for hydroxylation is 2. The van der Waals surface area contributed by atoms with Crippen LogP contribution < -0.4 is 16.8 Å². The molecule has 0 spiro atoms. The summed E-state index contributed by atoms with van der Waals surface area (Å²) in [6.45, 7) is 5.51. The molecule has 1 aliphatic rings. The lowest BCUT2D eigenvalue weighted by Crippen LogP contribution is -2.55. The minimum absolute atomic E-state index is 0.0415. The molecule has 226 valence electrons. The molecule has 1 saturated heterocycles. The highest BCUT2D eigenvalue weighted by Gasteiger charge is 2.30. The summed E-state index contributed by atoms with van der Waals surface area (Å²) in [5.41, 5.74) is 11.8. The maximum absolute atomic E-state index is 12.1. The molecule has 5 N–H and O–H groups in total. The zero-order valence-corrected chi connectivity index (χ0v) is 25.7. The van der Waals surface area contributed by atoms with E-state index in [-0.39, 0.29) is 37.9 Å². The Kier molecular flexibility index (Phi) is 18.3. The van der Waals surface area contributed by atoms with Gasteiger partial charge >= 0.3 is 0 Å². The van der Waals surface area contributed by atoms with Crippen LogP contribution in [0.3, 0.4) is 0 Å². The summed E-state index contributed by atoms with van der Waals surface area (Å²) in [6.07, 6.45) is 11.7. The molecule has 0 aliphatic carbocycles. The van der Waals surface area contributed by atoms with Gasteiger partial charge in [-0.2, -0.15) is 4.31 Å². The fraction of sp³-hybridized carbons (Fsp3) is 0.444. The highest BCUT2D eigenvalue weighted by molar-refractivity contribution is 7.88. The number of hydrogen-bond donors (Lipinski definition) is 3. The summed E-state index contributed by atoms with van der Waals surface area (Å²) in [7, 11) is -3.45. The Morgan fingerprint density at radius 1 is 1.17 bits per heavy atom. The first-order valence-corrected chi connectivity index (χ1v) is 15.3. The van der Waals surface area contributed by atoms with Gasteiger partial charge < -0.3 is 21.7 Å². The van der Waals surface area contributed by atoms with E-state index in [1.807, 2.05) is 30.5 Å². The summed E-state index contributed by atoms with van der Waals surface area (Å²) in [4.78, 5) is 44.8. The number of Topliss-reactive ketones (excluding diaryl/α,β-unsaturated/α-hetero) is 1. The number of aliphatic imine (C=N–C) groups is 1. The van der Waals surface area contributed by atoms with E-state index in [2.05, 4.69) is 47.2 Å². The molecule has 14 heteroatoms. The number of nitrogens with two attached hydrogens (primary N) is 2. The van der Waals surface area contributed by atoms with Crippen molar-refractivity contribution in [3.05, 3.63) is 52.5 Å². The molecule has 1 aromatic heterocycles. The van der Waals surface area contributed by atoms with Crippen molar-refractivity contribution in [1.29, 1.82) is 0 Å². The van der Waals surface area contributed by atoms with Crippen LogP contribution in [0.1, 0.15) is 30.3 Å². The zero-order chi connectivity index (χ0) is 31.4. The predicted octanol–water partition coefficient (Wildman–Crippen LogP) is 0.914. The summed E-state index contributed by atoms with van der Waals surface area (Å²) >= 11 is 1.67. The molecule has 0 bridgehead atoms. The standard InChI is InChI=1S/C14H26N6O5S.C7H8.C4H5NS.C2H2/c1-10(21)11(4-3-5-17-14(15)16)18-12(22)8-19-6-7-20(9-13(19)23)26(2,24)25;1-7-5-3-2-4-6-7;1-4-5-2-3-6-4;1-2/h11H,3-9H2,1-2H3,(H,18,22)(H4,15,16,17);2-6H,1H3;2-3H,1H3;1-2H/t11-;;;/m0.../s1. The third kappa shape index (κ3) is 17.5.